The molecule has 1 saturated heterocycles. The summed E-state index contributed by atoms with van der Waals surface area (Å²) in [6, 6.07) is 1.96. The maximum absolute atomic E-state index is 14.8. The van der Waals surface area contributed by atoms with Gasteiger partial charge in [-0.3, -0.25) is 14.4 Å². The molecule has 19 atom stereocenters. The van der Waals surface area contributed by atoms with Crippen molar-refractivity contribution in [2.45, 2.75) is 154 Å². The van der Waals surface area contributed by atoms with E-state index in [1.54, 1.807) is 6.92 Å². The largest absolute Gasteiger partial charge is 0.465 e. The molecule has 4 saturated carbocycles. The lowest BCUT2D eigenvalue weighted by molar-refractivity contribution is -0.183. The smallest absolute Gasteiger partial charge is 0.313 e. The molecule has 5 fully saturated rings. The van der Waals surface area contributed by atoms with E-state index in [1.807, 2.05) is 32.3 Å². The summed E-state index contributed by atoms with van der Waals surface area (Å²) >= 11 is 0. The highest BCUT2D eigenvalue weighted by Crippen LogP contribution is 2.71. The fourth-order valence-electron chi connectivity index (χ4n) is 15.9. The standard InChI is InChI=1S/C52H72N2O9/c1-27-10-11-30-12-13-34-28(2)19-42(58)51(6,61)47-32(9-7-8-31(20-36(34)35(30)18-27)37-26-63-48(60)43(37)33-15-17-53-25-33)22-52(62)44-38(14-16-50(47,52)5)49(4)23-41(57)40(56)21-39(49)46(59)45(44)54-24-29(3)55/h12,15,17,25,27-28,31-32,34-43,47,53-54,56-58,61-62H,9-11,13-14,16,18-24,26H2,1-6H3/t27-,28+,31-,32-,34-,35+,36+,37+,38-,39-,40+,41-,42+,43+,47-,49+,50+,51-,52+/m0/s1. The first-order chi connectivity index (χ1) is 29.8. The van der Waals surface area contributed by atoms with Gasteiger partial charge < -0.3 is 40.6 Å². The molecule has 1 aliphatic heterocycles. The van der Waals surface area contributed by atoms with Gasteiger partial charge in [0.1, 0.15) is 5.78 Å². The van der Waals surface area contributed by atoms with Gasteiger partial charge in [0.15, 0.2) is 5.78 Å². The van der Waals surface area contributed by atoms with E-state index in [4.69, 9.17) is 4.74 Å². The second-order valence-electron chi connectivity index (χ2n) is 22.7. The quantitative estimate of drug-likeness (QED) is 0.109. The number of hydrogen-bond donors (Lipinski definition) is 7. The van der Waals surface area contributed by atoms with Gasteiger partial charge in [0.05, 0.1) is 54.3 Å². The molecule has 1 aromatic heterocycles. The van der Waals surface area contributed by atoms with E-state index in [2.05, 4.69) is 42.1 Å². The molecule has 0 bridgehead atoms. The van der Waals surface area contributed by atoms with Crippen LogP contribution in [0.25, 0.3) is 0 Å². The minimum atomic E-state index is -1.65. The third kappa shape index (κ3) is 7.14. The molecule has 11 nitrogen and oxygen atoms in total. The fourth-order valence-corrected chi connectivity index (χ4v) is 15.9. The molecule has 7 N–H and O–H groups in total. The number of Topliss-reactive ketones (excluding diaryl/α,β-unsaturated/α-hetero) is 2. The molecule has 2 heterocycles. The van der Waals surface area contributed by atoms with Crippen molar-refractivity contribution >= 4 is 17.5 Å². The van der Waals surface area contributed by atoms with Crippen LogP contribution in [0.1, 0.15) is 130 Å². The summed E-state index contributed by atoms with van der Waals surface area (Å²) in [5, 5.41) is 64.6. The van der Waals surface area contributed by atoms with Gasteiger partial charge in [-0.25, -0.2) is 0 Å². The van der Waals surface area contributed by atoms with Gasteiger partial charge in [-0.05, 0) is 149 Å². The molecule has 344 valence electrons. The number of hydrogen-bond acceptors (Lipinski definition) is 10. The van der Waals surface area contributed by atoms with E-state index in [0.717, 1.165) is 31.2 Å². The number of ether oxygens (including phenoxy) is 1. The number of aromatic nitrogens is 1. The molecule has 0 amide bonds. The van der Waals surface area contributed by atoms with Crippen LogP contribution in [-0.2, 0) is 19.1 Å². The Labute approximate surface area is 373 Å². The monoisotopic (exact) mass is 869 g/mol. The highest BCUT2D eigenvalue weighted by molar-refractivity contribution is 6.00. The van der Waals surface area contributed by atoms with E-state index < -0.39 is 64.0 Å². The van der Waals surface area contributed by atoms with Crippen LogP contribution in [0.2, 0.25) is 0 Å². The van der Waals surface area contributed by atoms with Crippen LogP contribution in [0.4, 0.5) is 0 Å². The minimum Gasteiger partial charge on any atom is -0.465 e. The number of ketones is 2. The van der Waals surface area contributed by atoms with Crippen molar-refractivity contribution in [1.29, 1.82) is 0 Å². The van der Waals surface area contributed by atoms with Crippen LogP contribution in [0, 0.1) is 87.8 Å². The summed E-state index contributed by atoms with van der Waals surface area (Å²) in [5.74, 6) is 5.48. The second-order valence-corrected chi connectivity index (χ2v) is 22.7. The zero-order chi connectivity index (χ0) is 45.0. The molecule has 63 heavy (non-hydrogen) atoms. The van der Waals surface area contributed by atoms with Crippen molar-refractivity contribution in [2.75, 3.05) is 13.2 Å². The predicted octanol–water partition coefficient (Wildman–Crippen LogP) is 5.76. The lowest BCUT2D eigenvalue weighted by Gasteiger charge is -2.61. The van der Waals surface area contributed by atoms with E-state index >= 15 is 0 Å². The molecule has 0 unspecified atom stereocenters. The number of nitrogens with one attached hydrogen (secondary N) is 2. The van der Waals surface area contributed by atoms with Gasteiger partial charge in [-0.2, -0.15) is 0 Å². The number of aromatic amines is 1. The van der Waals surface area contributed by atoms with Gasteiger partial charge in [0.2, 0.25) is 0 Å². The number of H-pyrrole nitrogens is 1. The number of rotatable bonds is 5. The minimum absolute atomic E-state index is 0.0381. The normalized spacial score (nSPS) is 48.5. The molecule has 0 aromatic carbocycles. The SMILES string of the molecule is CC(=O)CNC1=C2[C@H](CC[C@]3(C)[C@@H]4[C@@H](CC#C[C@H]([C@H]5COC(=O)[C@@H]5c5cc[nH]c5)C[C@@H]5[C@@H](CC=C6CC[C@H](C)C[C@H]65)[C@H](C)C[C@@H](O)[C@]4(C)O)C[C@@]23O)[C@@]2(C)C[C@H](O)[C@H](O)C[C@H]2C1=O. The van der Waals surface area contributed by atoms with Gasteiger partial charge >= 0.3 is 5.97 Å². The number of fused-ring (bicyclic) bond motifs is 10. The Morgan fingerprint density at radius 3 is 2.48 bits per heavy atom. The summed E-state index contributed by atoms with van der Waals surface area (Å²) < 4.78 is 5.87. The van der Waals surface area contributed by atoms with E-state index in [1.165, 1.54) is 18.9 Å². The zero-order valence-corrected chi connectivity index (χ0v) is 38.2. The van der Waals surface area contributed by atoms with Crippen LogP contribution in [0.5, 0.6) is 0 Å². The Morgan fingerprint density at radius 1 is 0.968 bits per heavy atom. The summed E-state index contributed by atoms with van der Waals surface area (Å²) in [5.41, 5.74) is -1.89. The van der Waals surface area contributed by atoms with Crippen molar-refractivity contribution < 1.29 is 44.7 Å². The number of esters is 1. The topological polar surface area (TPSA) is 189 Å². The zero-order valence-electron chi connectivity index (χ0n) is 38.2. The van der Waals surface area contributed by atoms with Gasteiger partial charge in [0, 0.05) is 47.9 Å². The molecular formula is C52H72N2O9. The molecule has 8 aliphatic rings. The Kier molecular flexibility index (Phi) is 11.6. The lowest BCUT2D eigenvalue weighted by atomic mass is 9.45. The molecule has 0 radical (unpaired) electrons. The Morgan fingerprint density at radius 2 is 1.75 bits per heavy atom. The van der Waals surface area contributed by atoms with Crippen molar-refractivity contribution in [3.05, 3.63) is 46.9 Å². The molecule has 1 aromatic rings. The Balaban J connectivity index is 1.17. The predicted molar refractivity (Wildman–Crippen MR) is 236 cm³/mol. The maximum Gasteiger partial charge on any atom is 0.313 e. The molecule has 11 heteroatoms. The fraction of sp³-hybridized carbons (Fsp3) is 0.750. The van der Waals surface area contributed by atoms with Gasteiger partial charge in [-0.1, -0.05) is 45.3 Å². The molecule has 7 aliphatic carbocycles. The van der Waals surface area contributed by atoms with Crippen LogP contribution >= 0.6 is 0 Å². The number of aliphatic hydroxyl groups is 5. The van der Waals surface area contributed by atoms with Crippen molar-refractivity contribution in [3.63, 3.8) is 0 Å². The first-order valence-electron chi connectivity index (χ1n) is 24.3. The van der Waals surface area contributed by atoms with Crippen LogP contribution < -0.4 is 5.32 Å². The highest BCUT2D eigenvalue weighted by Gasteiger charge is 2.72. The molecule has 0 spiro atoms. The number of carbonyl (C=O) groups excluding carboxylic acids is 3. The van der Waals surface area contributed by atoms with Gasteiger partial charge in [0.25, 0.3) is 0 Å². The van der Waals surface area contributed by atoms with E-state index in [0.29, 0.717) is 43.1 Å². The Hall–Kier alpha value is -3.27. The Bertz CT molecular complexity index is 2100. The van der Waals surface area contributed by atoms with Gasteiger partial charge in [-0.15, -0.1) is 5.92 Å². The van der Waals surface area contributed by atoms with Crippen LogP contribution in [0.15, 0.2) is 41.4 Å². The number of carbonyl (C=O) groups is 3. The van der Waals surface area contributed by atoms with Crippen molar-refractivity contribution in [2.24, 2.45) is 75.9 Å². The van der Waals surface area contributed by atoms with E-state index in [-0.39, 0.29) is 91.2 Å². The molecule has 9 rings (SSSR count). The first-order valence-corrected chi connectivity index (χ1v) is 24.3. The number of cyclic esters (lactones) is 1. The van der Waals surface area contributed by atoms with E-state index in [9.17, 15) is 39.9 Å². The van der Waals surface area contributed by atoms with Crippen molar-refractivity contribution in [1.82, 2.24) is 10.3 Å². The summed E-state index contributed by atoms with van der Waals surface area (Å²) in [6.07, 6.45) is 10.2. The highest BCUT2D eigenvalue weighted by atomic mass is 16.5. The number of allylic oxidation sites excluding steroid dienone is 3. The molecular weight excluding hydrogens is 797 g/mol. The third-order valence-corrected chi connectivity index (χ3v) is 19.1. The first kappa shape index (κ1) is 44.9. The number of aliphatic hydroxyl groups excluding tert-OH is 3. The van der Waals surface area contributed by atoms with Crippen molar-refractivity contribution in [3.8, 4) is 11.8 Å². The second kappa shape index (κ2) is 16.3. The maximum atomic E-state index is 14.8. The lowest BCUT2D eigenvalue weighted by Crippen LogP contribution is -2.64. The van der Waals surface area contributed by atoms with Crippen LogP contribution in [0.3, 0.4) is 0 Å². The third-order valence-electron chi connectivity index (χ3n) is 19.1. The summed E-state index contributed by atoms with van der Waals surface area (Å²) in [6.45, 7) is 12.0. The summed E-state index contributed by atoms with van der Waals surface area (Å²) in [4.78, 5) is 44.0. The average molecular weight is 869 g/mol. The average Bonchev–Trinajstić information content (AvgIpc) is 3.94. The van der Waals surface area contributed by atoms with Crippen LogP contribution in [-0.4, -0.2) is 90.7 Å². The summed E-state index contributed by atoms with van der Waals surface area (Å²) in [7, 11) is 0.